The standard InChI is InChI=1S/C24H29N3O4S/c28-23-17-22(18-26(23)12-11-20-7-3-1-4-8-20)24(29)25-13-15-27(16-14-25)32(30,31)19-21-9-5-2-6-10-21/h1-10,22H,11-19H2. The number of carbonyl (C=O) groups excluding carboxylic acids is 2. The van der Waals surface area contributed by atoms with Crippen LogP contribution in [0.25, 0.3) is 0 Å². The van der Waals surface area contributed by atoms with E-state index in [9.17, 15) is 18.0 Å². The van der Waals surface area contributed by atoms with Crippen LogP contribution < -0.4 is 0 Å². The Hall–Kier alpha value is -2.71. The number of rotatable bonds is 7. The largest absolute Gasteiger partial charge is 0.342 e. The van der Waals surface area contributed by atoms with E-state index < -0.39 is 10.0 Å². The smallest absolute Gasteiger partial charge is 0.228 e. The van der Waals surface area contributed by atoms with Crippen LogP contribution in [0.1, 0.15) is 17.5 Å². The molecule has 8 heteroatoms. The van der Waals surface area contributed by atoms with Crippen molar-refractivity contribution in [1.29, 1.82) is 0 Å². The van der Waals surface area contributed by atoms with E-state index in [-0.39, 0.29) is 29.9 Å². The maximum absolute atomic E-state index is 13.0. The molecule has 0 aliphatic carbocycles. The highest BCUT2D eigenvalue weighted by molar-refractivity contribution is 7.88. The van der Waals surface area contributed by atoms with Crippen molar-refractivity contribution in [1.82, 2.24) is 14.1 Å². The zero-order valence-corrected chi connectivity index (χ0v) is 18.9. The lowest BCUT2D eigenvalue weighted by Crippen LogP contribution is -2.52. The predicted octanol–water partition coefficient (Wildman–Crippen LogP) is 1.75. The summed E-state index contributed by atoms with van der Waals surface area (Å²) >= 11 is 0. The summed E-state index contributed by atoms with van der Waals surface area (Å²) in [5, 5.41) is 0. The monoisotopic (exact) mass is 455 g/mol. The number of hydrogen-bond acceptors (Lipinski definition) is 4. The molecule has 7 nitrogen and oxygen atoms in total. The zero-order chi connectivity index (χ0) is 22.6. The van der Waals surface area contributed by atoms with E-state index in [1.807, 2.05) is 48.5 Å². The van der Waals surface area contributed by atoms with Crippen LogP contribution in [-0.2, 0) is 31.8 Å². The quantitative estimate of drug-likeness (QED) is 0.637. The molecule has 32 heavy (non-hydrogen) atoms. The molecular formula is C24H29N3O4S. The molecule has 0 bridgehead atoms. The van der Waals surface area contributed by atoms with Crippen LogP contribution in [0.4, 0.5) is 0 Å². The van der Waals surface area contributed by atoms with Crippen molar-refractivity contribution in [3.8, 4) is 0 Å². The van der Waals surface area contributed by atoms with Crippen molar-refractivity contribution in [2.45, 2.75) is 18.6 Å². The maximum Gasteiger partial charge on any atom is 0.228 e. The van der Waals surface area contributed by atoms with E-state index >= 15 is 0 Å². The van der Waals surface area contributed by atoms with Crippen molar-refractivity contribution in [2.75, 3.05) is 39.3 Å². The summed E-state index contributed by atoms with van der Waals surface area (Å²) in [5.74, 6) is -0.398. The lowest BCUT2D eigenvalue weighted by atomic mass is 10.1. The molecule has 2 aromatic rings. The average molecular weight is 456 g/mol. The number of benzene rings is 2. The lowest BCUT2D eigenvalue weighted by Gasteiger charge is -2.35. The zero-order valence-electron chi connectivity index (χ0n) is 18.1. The molecule has 2 aromatic carbocycles. The maximum atomic E-state index is 13.0. The molecular weight excluding hydrogens is 426 g/mol. The molecule has 2 aliphatic heterocycles. The first-order valence-electron chi connectivity index (χ1n) is 11.0. The lowest BCUT2D eigenvalue weighted by molar-refractivity contribution is -0.137. The van der Waals surface area contributed by atoms with Gasteiger partial charge in [-0.3, -0.25) is 9.59 Å². The van der Waals surface area contributed by atoms with Crippen LogP contribution in [0, 0.1) is 5.92 Å². The van der Waals surface area contributed by atoms with Crippen molar-refractivity contribution in [3.63, 3.8) is 0 Å². The molecule has 2 amide bonds. The van der Waals surface area contributed by atoms with E-state index in [0.29, 0.717) is 39.3 Å². The Bertz CT molecular complexity index is 1040. The molecule has 1 atom stereocenters. The fourth-order valence-corrected chi connectivity index (χ4v) is 5.90. The second-order valence-electron chi connectivity index (χ2n) is 8.44. The van der Waals surface area contributed by atoms with Gasteiger partial charge in [-0.25, -0.2) is 8.42 Å². The molecule has 0 N–H and O–H groups in total. The second kappa shape index (κ2) is 9.83. The van der Waals surface area contributed by atoms with Gasteiger partial charge in [-0.2, -0.15) is 4.31 Å². The normalized spacial score (nSPS) is 20.0. The summed E-state index contributed by atoms with van der Waals surface area (Å²) in [4.78, 5) is 28.9. The van der Waals surface area contributed by atoms with Crippen molar-refractivity contribution in [2.24, 2.45) is 5.92 Å². The summed E-state index contributed by atoms with van der Waals surface area (Å²) in [7, 11) is -3.42. The van der Waals surface area contributed by atoms with Gasteiger partial charge in [-0.05, 0) is 17.5 Å². The predicted molar refractivity (Wildman–Crippen MR) is 122 cm³/mol. The molecule has 0 saturated carbocycles. The molecule has 2 heterocycles. The highest BCUT2D eigenvalue weighted by Gasteiger charge is 2.38. The fraction of sp³-hybridized carbons (Fsp3) is 0.417. The summed E-state index contributed by atoms with van der Waals surface area (Å²) in [6.45, 7) is 2.36. The van der Waals surface area contributed by atoms with Gasteiger partial charge < -0.3 is 9.80 Å². The Morgan fingerprint density at radius 2 is 1.47 bits per heavy atom. The Morgan fingerprint density at radius 3 is 2.09 bits per heavy atom. The number of amides is 2. The first-order chi connectivity index (χ1) is 15.4. The van der Waals surface area contributed by atoms with Crippen LogP contribution >= 0.6 is 0 Å². The van der Waals surface area contributed by atoms with E-state index in [1.165, 1.54) is 9.87 Å². The molecule has 4 rings (SSSR count). The van der Waals surface area contributed by atoms with Gasteiger partial charge in [0.05, 0.1) is 11.7 Å². The second-order valence-corrected chi connectivity index (χ2v) is 10.4. The summed E-state index contributed by atoms with van der Waals surface area (Å²) < 4.78 is 26.9. The van der Waals surface area contributed by atoms with Gasteiger partial charge in [0, 0.05) is 45.7 Å². The van der Waals surface area contributed by atoms with Crippen LogP contribution in [0.2, 0.25) is 0 Å². The molecule has 0 radical (unpaired) electrons. The summed E-state index contributed by atoms with van der Waals surface area (Å²) in [6.07, 6.45) is 1.01. The highest BCUT2D eigenvalue weighted by atomic mass is 32.2. The van der Waals surface area contributed by atoms with E-state index in [1.54, 1.807) is 21.9 Å². The topological polar surface area (TPSA) is 78.0 Å². The number of nitrogens with zero attached hydrogens (tertiary/aromatic N) is 3. The van der Waals surface area contributed by atoms with E-state index in [0.717, 1.165) is 12.0 Å². The van der Waals surface area contributed by atoms with Crippen LogP contribution in [-0.4, -0.2) is 73.6 Å². The molecule has 0 spiro atoms. The first-order valence-corrected chi connectivity index (χ1v) is 12.7. The van der Waals surface area contributed by atoms with Crippen molar-refractivity contribution in [3.05, 3.63) is 71.8 Å². The third-order valence-corrected chi connectivity index (χ3v) is 8.06. The van der Waals surface area contributed by atoms with Gasteiger partial charge in [-0.1, -0.05) is 60.7 Å². The van der Waals surface area contributed by atoms with Gasteiger partial charge in [0.2, 0.25) is 21.8 Å². The van der Waals surface area contributed by atoms with Crippen molar-refractivity contribution >= 4 is 21.8 Å². The fourth-order valence-electron chi connectivity index (χ4n) is 4.38. The SMILES string of the molecule is O=C1CC(C(=O)N2CCN(S(=O)(=O)Cc3ccccc3)CC2)CN1CCc1ccccc1. The number of sulfonamides is 1. The number of hydrogen-bond donors (Lipinski definition) is 0. The third kappa shape index (κ3) is 5.37. The minimum Gasteiger partial charge on any atom is -0.342 e. The minimum absolute atomic E-state index is 0.0170. The molecule has 2 aliphatic rings. The third-order valence-electron chi connectivity index (χ3n) is 6.21. The Labute approximate surface area is 189 Å². The number of piperazine rings is 1. The van der Waals surface area contributed by atoms with Gasteiger partial charge in [-0.15, -0.1) is 0 Å². The average Bonchev–Trinajstić information content (AvgIpc) is 3.19. The van der Waals surface area contributed by atoms with Crippen LogP contribution in [0.5, 0.6) is 0 Å². The molecule has 1 unspecified atom stereocenters. The molecule has 170 valence electrons. The van der Waals surface area contributed by atoms with Crippen LogP contribution in [0.3, 0.4) is 0 Å². The van der Waals surface area contributed by atoms with Gasteiger partial charge in [0.25, 0.3) is 0 Å². The van der Waals surface area contributed by atoms with Crippen LogP contribution in [0.15, 0.2) is 60.7 Å². The molecule has 0 aromatic heterocycles. The number of likely N-dealkylation sites (tertiary alicyclic amines) is 1. The van der Waals surface area contributed by atoms with Gasteiger partial charge in [0.1, 0.15) is 0 Å². The molecule has 2 fully saturated rings. The Morgan fingerprint density at radius 1 is 0.875 bits per heavy atom. The molecule has 2 saturated heterocycles. The van der Waals surface area contributed by atoms with E-state index in [4.69, 9.17) is 0 Å². The van der Waals surface area contributed by atoms with Gasteiger partial charge >= 0.3 is 0 Å². The summed E-state index contributed by atoms with van der Waals surface area (Å²) in [6, 6.07) is 19.1. The Balaban J connectivity index is 1.27. The number of carbonyl (C=O) groups is 2. The summed E-state index contributed by atoms with van der Waals surface area (Å²) in [5.41, 5.74) is 1.92. The van der Waals surface area contributed by atoms with Gasteiger partial charge in [0.15, 0.2) is 0 Å². The van der Waals surface area contributed by atoms with Crippen molar-refractivity contribution < 1.29 is 18.0 Å². The minimum atomic E-state index is -3.42. The Kier molecular flexibility index (Phi) is 6.91. The highest BCUT2D eigenvalue weighted by Crippen LogP contribution is 2.22. The van der Waals surface area contributed by atoms with E-state index in [2.05, 4.69) is 0 Å². The first kappa shape index (κ1) is 22.5.